The molecule has 1 heteroatoms. The molecule has 170 valence electrons. The molecule has 0 saturated heterocycles. The molecule has 0 N–H and O–H groups in total. The molecule has 0 aromatic rings. The average molecular weight is 429 g/mol. The summed E-state index contributed by atoms with van der Waals surface area (Å²) in [5.41, 5.74) is 7.53. The Morgan fingerprint density at radius 1 is 0.500 bits per heavy atom. The normalized spacial score (nSPS) is 14.0. The van der Waals surface area contributed by atoms with Gasteiger partial charge >= 0.3 is 0 Å². The lowest BCUT2D eigenvalue weighted by molar-refractivity contribution is 0.897. The van der Waals surface area contributed by atoms with Crippen molar-refractivity contribution in [3.8, 4) is 0 Å². The molecular formula is C29H48S. The van der Waals surface area contributed by atoms with E-state index in [1.807, 2.05) is 0 Å². The molecule has 0 fully saturated rings. The van der Waals surface area contributed by atoms with Crippen LogP contribution in [0.4, 0.5) is 0 Å². The van der Waals surface area contributed by atoms with Crippen LogP contribution in [0.1, 0.15) is 106 Å². The van der Waals surface area contributed by atoms with Gasteiger partial charge in [0.25, 0.3) is 0 Å². The molecule has 0 amide bonds. The lowest BCUT2D eigenvalue weighted by Gasteiger charge is -2.02. The molecule has 0 aliphatic carbocycles. The Labute approximate surface area is 193 Å². The zero-order valence-corrected chi connectivity index (χ0v) is 21.8. The molecule has 0 unspecified atom stereocenters. The van der Waals surface area contributed by atoms with Crippen molar-refractivity contribution < 1.29 is 0 Å². The SMILES string of the molecule is CS/C=C/CC/C(C)=C/CC/C(C)=C/CC/C=C(\C)CC/C=C(\C)CCC=C(C)C. The second-order valence-corrected chi connectivity index (χ2v) is 9.57. The molecule has 0 nitrogen and oxygen atoms in total. The number of allylic oxidation sites excluding steroid dienone is 11. The Hall–Kier alpha value is -1.21. The van der Waals surface area contributed by atoms with Gasteiger partial charge in [-0.3, -0.25) is 0 Å². The van der Waals surface area contributed by atoms with E-state index in [4.69, 9.17) is 0 Å². The molecule has 0 aromatic carbocycles. The first-order valence-electron chi connectivity index (χ1n) is 11.8. The molecule has 0 aromatic heterocycles. The molecule has 0 heterocycles. The summed E-state index contributed by atoms with van der Waals surface area (Å²) in [7, 11) is 0. The summed E-state index contributed by atoms with van der Waals surface area (Å²) in [5.74, 6) is 0. The van der Waals surface area contributed by atoms with Gasteiger partial charge in [-0.1, -0.05) is 64.3 Å². The molecule has 0 rings (SSSR count). The monoisotopic (exact) mass is 428 g/mol. The van der Waals surface area contributed by atoms with Gasteiger partial charge in [-0.25, -0.2) is 0 Å². The Kier molecular flexibility index (Phi) is 18.9. The van der Waals surface area contributed by atoms with Crippen molar-refractivity contribution in [2.75, 3.05) is 6.26 Å². The van der Waals surface area contributed by atoms with Crippen molar-refractivity contribution in [3.63, 3.8) is 0 Å². The highest BCUT2D eigenvalue weighted by Crippen LogP contribution is 2.14. The summed E-state index contributed by atoms with van der Waals surface area (Å²) in [6.07, 6.45) is 28.2. The van der Waals surface area contributed by atoms with Crippen molar-refractivity contribution in [1.29, 1.82) is 0 Å². The van der Waals surface area contributed by atoms with Crippen molar-refractivity contribution in [2.24, 2.45) is 0 Å². The van der Waals surface area contributed by atoms with Crippen LogP contribution in [0.2, 0.25) is 0 Å². The molecule has 0 spiro atoms. The Morgan fingerprint density at radius 3 is 1.27 bits per heavy atom. The van der Waals surface area contributed by atoms with E-state index in [0.29, 0.717) is 0 Å². The molecule has 30 heavy (non-hydrogen) atoms. The number of hydrogen-bond donors (Lipinski definition) is 0. The second-order valence-electron chi connectivity index (χ2n) is 8.82. The van der Waals surface area contributed by atoms with Crippen LogP contribution in [0, 0.1) is 0 Å². The van der Waals surface area contributed by atoms with Gasteiger partial charge in [-0.15, -0.1) is 11.8 Å². The molecule has 0 saturated carbocycles. The average Bonchev–Trinajstić information content (AvgIpc) is 2.68. The third-order valence-electron chi connectivity index (χ3n) is 5.24. The summed E-state index contributed by atoms with van der Waals surface area (Å²) in [6, 6.07) is 0. The minimum absolute atomic E-state index is 1.16. The summed E-state index contributed by atoms with van der Waals surface area (Å²) in [6.45, 7) is 13.4. The van der Waals surface area contributed by atoms with Gasteiger partial charge in [0.1, 0.15) is 0 Å². The molecule has 0 aliphatic heterocycles. The predicted molar refractivity (Wildman–Crippen MR) is 143 cm³/mol. The Balaban J connectivity index is 4.02. The summed E-state index contributed by atoms with van der Waals surface area (Å²) in [4.78, 5) is 0. The summed E-state index contributed by atoms with van der Waals surface area (Å²) in [5, 5.41) is 2.18. The fraction of sp³-hybridized carbons (Fsp3) is 0.586. The highest BCUT2D eigenvalue weighted by atomic mass is 32.2. The largest absolute Gasteiger partial charge is 0.138 e. The van der Waals surface area contributed by atoms with Crippen molar-refractivity contribution in [2.45, 2.75) is 106 Å². The molecule has 0 atom stereocenters. The van der Waals surface area contributed by atoms with E-state index in [-0.39, 0.29) is 0 Å². The van der Waals surface area contributed by atoms with E-state index >= 15 is 0 Å². The smallest absolute Gasteiger partial charge is 0.0142 e. The number of thioether (sulfide) groups is 1. The predicted octanol–water partition coefficient (Wildman–Crippen LogP) is 10.5. The standard InChI is InChI=1S/C29H48S/c1-25(2)15-12-19-29(6)23-14-21-27(4)17-9-8-16-26(3)20-13-22-28(5)18-10-11-24-30-7/h11,15-17,22-24H,8-10,12-14,18-21H2,1-7H3/b24-11+,26-16+,27-17+,28-22+,29-23+. The van der Waals surface area contributed by atoms with Gasteiger partial charge in [-0.2, -0.15) is 0 Å². The van der Waals surface area contributed by atoms with Crippen molar-refractivity contribution in [3.05, 3.63) is 69.7 Å². The first kappa shape index (κ1) is 28.8. The summed E-state index contributed by atoms with van der Waals surface area (Å²) >= 11 is 1.78. The van der Waals surface area contributed by atoms with Gasteiger partial charge in [0, 0.05) is 0 Å². The molecule has 0 radical (unpaired) electrons. The lowest BCUT2D eigenvalue weighted by atomic mass is 10.0. The molecular weight excluding hydrogens is 380 g/mol. The molecule has 0 bridgehead atoms. The van der Waals surface area contributed by atoms with Crippen molar-refractivity contribution >= 4 is 11.8 Å². The van der Waals surface area contributed by atoms with Crippen LogP contribution >= 0.6 is 11.8 Å². The number of hydrogen-bond acceptors (Lipinski definition) is 1. The minimum Gasteiger partial charge on any atom is -0.138 e. The van der Waals surface area contributed by atoms with Gasteiger partial charge in [0.15, 0.2) is 0 Å². The maximum absolute atomic E-state index is 2.43. The van der Waals surface area contributed by atoms with Gasteiger partial charge < -0.3 is 0 Å². The van der Waals surface area contributed by atoms with E-state index in [2.05, 4.69) is 89.7 Å². The maximum atomic E-state index is 2.43. The van der Waals surface area contributed by atoms with E-state index in [1.165, 1.54) is 85.7 Å². The van der Waals surface area contributed by atoms with Gasteiger partial charge in [0.2, 0.25) is 0 Å². The quantitative estimate of drug-likeness (QED) is 0.174. The highest BCUT2D eigenvalue weighted by Gasteiger charge is 1.94. The summed E-state index contributed by atoms with van der Waals surface area (Å²) < 4.78 is 0. The third-order valence-corrected chi connectivity index (χ3v) is 5.71. The van der Waals surface area contributed by atoms with Crippen LogP contribution in [0.5, 0.6) is 0 Å². The zero-order valence-electron chi connectivity index (χ0n) is 21.0. The lowest BCUT2D eigenvalue weighted by Crippen LogP contribution is -1.82. The van der Waals surface area contributed by atoms with Crippen LogP contribution < -0.4 is 0 Å². The first-order chi connectivity index (χ1) is 14.3. The fourth-order valence-corrected chi connectivity index (χ4v) is 3.55. The van der Waals surface area contributed by atoms with E-state index in [9.17, 15) is 0 Å². The highest BCUT2D eigenvalue weighted by molar-refractivity contribution is 8.01. The Bertz CT molecular complexity index is 619. The minimum atomic E-state index is 1.16. The molecule has 0 aliphatic rings. The zero-order chi connectivity index (χ0) is 22.6. The van der Waals surface area contributed by atoms with Crippen LogP contribution in [0.3, 0.4) is 0 Å². The van der Waals surface area contributed by atoms with Crippen molar-refractivity contribution in [1.82, 2.24) is 0 Å². The third kappa shape index (κ3) is 20.1. The Morgan fingerprint density at radius 2 is 0.867 bits per heavy atom. The number of rotatable bonds is 16. The first-order valence-corrected chi connectivity index (χ1v) is 13.1. The van der Waals surface area contributed by atoms with E-state index < -0.39 is 0 Å². The van der Waals surface area contributed by atoms with Gasteiger partial charge in [-0.05, 0) is 117 Å². The van der Waals surface area contributed by atoms with Crippen LogP contribution in [-0.4, -0.2) is 6.26 Å². The van der Waals surface area contributed by atoms with E-state index in [1.54, 1.807) is 11.8 Å². The maximum Gasteiger partial charge on any atom is -0.0142 e. The van der Waals surface area contributed by atoms with Crippen LogP contribution in [-0.2, 0) is 0 Å². The second kappa shape index (κ2) is 19.7. The van der Waals surface area contributed by atoms with E-state index in [0.717, 1.165) is 6.42 Å². The fourth-order valence-electron chi connectivity index (χ4n) is 3.22. The van der Waals surface area contributed by atoms with Crippen LogP contribution in [0.25, 0.3) is 0 Å². The van der Waals surface area contributed by atoms with Gasteiger partial charge in [0.05, 0.1) is 0 Å². The van der Waals surface area contributed by atoms with Crippen LogP contribution in [0.15, 0.2) is 69.7 Å². The topological polar surface area (TPSA) is 0 Å². The number of unbranched alkanes of at least 4 members (excludes halogenated alkanes) is 1.